The highest BCUT2D eigenvalue weighted by Crippen LogP contribution is 2.40. The Kier molecular flexibility index (Phi) is 9.24. The van der Waals surface area contributed by atoms with E-state index in [9.17, 15) is 14.9 Å². The SMILES string of the molecule is COc1ccc(NC(=O)C(C#N)=c2sc(=Cc3ccc(OC)c(OC)c3OC)c(=O)n2-c2ccc(Cl)cc2)cc1Cl. The Morgan fingerprint density at radius 1 is 0.927 bits per heavy atom. The van der Waals surface area contributed by atoms with Crippen LogP contribution >= 0.6 is 34.5 Å². The fourth-order valence-electron chi connectivity index (χ4n) is 3.99. The molecular weight excluding hydrogens is 589 g/mol. The molecule has 1 amide bonds. The average molecular weight is 612 g/mol. The van der Waals surface area contributed by atoms with Crippen molar-refractivity contribution in [2.24, 2.45) is 0 Å². The van der Waals surface area contributed by atoms with Crippen LogP contribution in [0.4, 0.5) is 5.69 Å². The Morgan fingerprint density at radius 3 is 2.17 bits per heavy atom. The molecule has 0 spiro atoms. The van der Waals surface area contributed by atoms with Gasteiger partial charge in [0.15, 0.2) is 17.1 Å². The van der Waals surface area contributed by atoms with Crippen LogP contribution in [0.2, 0.25) is 10.0 Å². The van der Waals surface area contributed by atoms with E-state index in [0.29, 0.717) is 45.0 Å². The van der Waals surface area contributed by atoms with E-state index in [1.165, 1.54) is 39.1 Å². The molecule has 210 valence electrons. The zero-order valence-corrected chi connectivity index (χ0v) is 24.6. The topological polar surface area (TPSA) is 112 Å². The van der Waals surface area contributed by atoms with E-state index in [-0.39, 0.29) is 19.8 Å². The van der Waals surface area contributed by atoms with Crippen LogP contribution in [-0.2, 0) is 4.79 Å². The van der Waals surface area contributed by atoms with Crippen molar-refractivity contribution in [3.05, 3.63) is 89.8 Å². The van der Waals surface area contributed by atoms with Gasteiger partial charge in [0, 0.05) is 16.3 Å². The lowest BCUT2D eigenvalue weighted by atomic mass is 10.1. The average Bonchev–Trinajstić information content (AvgIpc) is 3.28. The zero-order valence-electron chi connectivity index (χ0n) is 22.3. The van der Waals surface area contributed by atoms with Gasteiger partial charge in [-0.3, -0.25) is 14.2 Å². The molecule has 9 nitrogen and oxygen atoms in total. The van der Waals surface area contributed by atoms with Crippen LogP contribution < -0.4 is 39.0 Å². The van der Waals surface area contributed by atoms with Crippen molar-refractivity contribution in [1.29, 1.82) is 5.26 Å². The van der Waals surface area contributed by atoms with Gasteiger partial charge in [0.25, 0.3) is 11.5 Å². The van der Waals surface area contributed by atoms with Gasteiger partial charge >= 0.3 is 0 Å². The van der Waals surface area contributed by atoms with E-state index < -0.39 is 11.5 Å². The molecule has 1 N–H and O–H groups in total. The molecule has 4 rings (SSSR count). The minimum atomic E-state index is -0.729. The molecule has 3 aromatic carbocycles. The predicted molar refractivity (Wildman–Crippen MR) is 159 cm³/mol. The molecule has 12 heteroatoms. The van der Waals surface area contributed by atoms with Gasteiger partial charge < -0.3 is 24.3 Å². The number of hydrogen-bond acceptors (Lipinski definition) is 8. The van der Waals surface area contributed by atoms with Gasteiger partial charge in [0.2, 0.25) is 5.75 Å². The summed E-state index contributed by atoms with van der Waals surface area (Å²) in [5, 5.41) is 13.5. The Bertz CT molecular complexity index is 1840. The quantitative estimate of drug-likeness (QED) is 0.315. The standard InChI is InChI=1S/C29H23Cl2N3O6S/c1-37-22-12-8-18(14-21(22)31)33-27(35)20(15-32)29-34(19-9-6-17(30)7-10-19)28(36)24(41-29)13-16-5-11-23(38-2)26(40-4)25(16)39-3/h5-14H,1-4H3,(H,33,35). The van der Waals surface area contributed by atoms with E-state index in [2.05, 4.69) is 5.32 Å². The molecule has 0 atom stereocenters. The maximum Gasteiger partial charge on any atom is 0.273 e. The Hall–Kier alpha value is -4.43. The van der Waals surface area contributed by atoms with E-state index in [1.807, 2.05) is 6.07 Å². The fraction of sp³-hybridized carbons (Fsp3) is 0.138. The minimum Gasteiger partial charge on any atom is -0.495 e. The second-order valence-corrected chi connectivity index (χ2v) is 10.1. The van der Waals surface area contributed by atoms with Crippen molar-refractivity contribution in [2.45, 2.75) is 0 Å². The third-order valence-corrected chi connectivity index (χ3v) is 7.53. The molecule has 0 saturated carbocycles. The number of nitrogens with zero attached hydrogens (tertiary/aromatic N) is 2. The highest BCUT2D eigenvalue weighted by molar-refractivity contribution is 7.07. The summed E-state index contributed by atoms with van der Waals surface area (Å²) in [5.41, 5.74) is 0.532. The molecule has 0 aliphatic rings. The third kappa shape index (κ3) is 6.02. The zero-order chi connectivity index (χ0) is 29.7. The molecule has 0 bridgehead atoms. The number of carbonyl (C=O) groups is 1. The summed E-state index contributed by atoms with van der Waals surface area (Å²) in [6.07, 6.45) is 1.60. The van der Waals surface area contributed by atoms with Crippen LogP contribution in [0.1, 0.15) is 5.56 Å². The number of hydrogen-bond donors (Lipinski definition) is 1. The number of rotatable bonds is 8. The van der Waals surface area contributed by atoms with Crippen LogP contribution in [0.3, 0.4) is 0 Å². The molecule has 4 aromatic rings. The number of nitriles is 1. The molecule has 41 heavy (non-hydrogen) atoms. The van der Waals surface area contributed by atoms with E-state index in [0.717, 1.165) is 11.3 Å². The first-order chi connectivity index (χ1) is 19.8. The molecule has 1 aromatic heterocycles. The highest BCUT2D eigenvalue weighted by Gasteiger charge is 2.19. The van der Waals surface area contributed by atoms with Crippen LogP contribution in [0.5, 0.6) is 23.0 Å². The van der Waals surface area contributed by atoms with Crippen molar-refractivity contribution < 1.29 is 23.7 Å². The van der Waals surface area contributed by atoms with Gasteiger partial charge in [-0.05, 0) is 60.7 Å². The first-order valence-corrected chi connectivity index (χ1v) is 13.4. The summed E-state index contributed by atoms with van der Waals surface area (Å²) in [4.78, 5) is 27.1. The first kappa shape index (κ1) is 29.6. The normalized spacial score (nSPS) is 11.9. The third-order valence-electron chi connectivity index (χ3n) is 5.89. The number of thiazole rings is 1. The van der Waals surface area contributed by atoms with Crippen LogP contribution in [0.15, 0.2) is 59.4 Å². The maximum absolute atomic E-state index is 13.8. The molecule has 1 heterocycles. The molecule has 0 saturated heterocycles. The second-order valence-electron chi connectivity index (χ2n) is 8.25. The van der Waals surface area contributed by atoms with Crippen molar-refractivity contribution in [3.63, 3.8) is 0 Å². The van der Waals surface area contributed by atoms with Crippen molar-refractivity contribution in [2.75, 3.05) is 33.8 Å². The summed E-state index contributed by atoms with van der Waals surface area (Å²) in [6.45, 7) is 0. The summed E-state index contributed by atoms with van der Waals surface area (Å²) >= 11 is 13.2. The molecule has 0 radical (unpaired) electrons. The van der Waals surface area contributed by atoms with Gasteiger partial charge in [-0.2, -0.15) is 5.26 Å². The number of ether oxygens (including phenoxy) is 4. The van der Waals surface area contributed by atoms with Crippen LogP contribution in [-0.4, -0.2) is 38.9 Å². The van der Waals surface area contributed by atoms with Gasteiger partial charge in [-0.15, -0.1) is 11.3 Å². The number of methoxy groups -OCH3 is 4. The molecular formula is C29H23Cl2N3O6S. The number of nitrogens with one attached hydrogen (secondary N) is 1. The predicted octanol–water partition coefficient (Wildman–Crippen LogP) is 4.38. The second kappa shape index (κ2) is 12.8. The maximum atomic E-state index is 13.8. The molecule has 0 aliphatic heterocycles. The van der Waals surface area contributed by atoms with Crippen molar-refractivity contribution in [3.8, 4) is 34.8 Å². The summed E-state index contributed by atoms with van der Waals surface area (Å²) in [7, 11) is 5.92. The first-order valence-electron chi connectivity index (χ1n) is 11.8. The van der Waals surface area contributed by atoms with E-state index in [1.54, 1.807) is 54.6 Å². The van der Waals surface area contributed by atoms with Gasteiger partial charge in [0.05, 0.1) is 43.7 Å². The lowest BCUT2D eigenvalue weighted by molar-refractivity contribution is -0.111. The van der Waals surface area contributed by atoms with Crippen LogP contribution in [0.25, 0.3) is 17.3 Å². The Labute approximate surface area is 249 Å². The Balaban J connectivity index is 1.97. The lowest BCUT2D eigenvalue weighted by Crippen LogP contribution is -2.32. The summed E-state index contributed by atoms with van der Waals surface area (Å²) in [5.74, 6) is 0.836. The number of anilines is 1. The van der Waals surface area contributed by atoms with Crippen molar-refractivity contribution in [1.82, 2.24) is 4.57 Å². The monoisotopic (exact) mass is 611 g/mol. The number of benzene rings is 3. The molecule has 0 unspecified atom stereocenters. The highest BCUT2D eigenvalue weighted by atomic mass is 35.5. The molecule has 0 fully saturated rings. The minimum absolute atomic E-state index is 0.114. The number of amides is 1. The fourth-order valence-corrected chi connectivity index (χ4v) is 5.46. The molecule has 0 aliphatic carbocycles. The number of aromatic nitrogens is 1. The summed E-state index contributed by atoms with van der Waals surface area (Å²) < 4.78 is 23.2. The van der Waals surface area contributed by atoms with Gasteiger partial charge in [-0.1, -0.05) is 23.2 Å². The number of halogens is 2. The largest absolute Gasteiger partial charge is 0.495 e. The van der Waals surface area contributed by atoms with E-state index >= 15 is 0 Å². The van der Waals surface area contributed by atoms with Crippen molar-refractivity contribution >= 4 is 57.8 Å². The Morgan fingerprint density at radius 2 is 1.59 bits per heavy atom. The van der Waals surface area contributed by atoms with Gasteiger partial charge in [0.1, 0.15) is 16.5 Å². The van der Waals surface area contributed by atoms with Crippen LogP contribution in [0, 0.1) is 11.3 Å². The number of carbonyl (C=O) groups excluding carboxylic acids is 1. The summed E-state index contributed by atoms with van der Waals surface area (Å²) in [6, 6.07) is 16.5. The van der Waals surface area contributed by atoms with Gasteiger partial charge in [-0.25, -0.2) is 0 Å². The smallest absolute Gasteiger partial charge is 0.273 e. The lowest BCUT2D eigenvalue weighted by Gasteiger charge is -2.13. The van der Waals surface area contributed by atoms with E-state index in [4.69, 9.17) is 42.1 Å².